The lowest BCUT2D eigenvalue weighted by Gasteiger charge is -2.23. The molecule has 6 nitrogen and oxygen atoms in total. The summed E-state index contributed by atoms with van der Waals surface area (Å²) in [6, 6.07) is 12.7. The summed E-state index contributed by atoms with van der Waals surface area (Å²) in [5.74, 6) is -0.0474. The highest BCUT2D eigenvalue weighted by atomic mass is 35.5. The maximum Gasteiger partial charge on any atom is 0.243 e. The largest absolute Gasteiger partial charge is 0.378 e. The van der Waals surface area contributed by atoms with Gasteiger partial charge in [-0.1, -0.05) is 29.8 Å². The number of benzene rings is 2. The van der Waals surface area contributed by atoms with E-state index in [2.05, 4.69) is 10.6 Å². The van der Waals surface area contributed by atoms with Crippen LogP contribution in [0.3, 0.4) is 0 Å². The zero-order chi connectivity index (χ0) is 18.8. The molecule has 0 radical (unpaired) electrons. The van der Waals surface area contributed by atoms with E-state index >= 15 is 0 Å². The van der Waals surface area contributed by atoms with Crippen LogP contribution in [0.15, 0.2) is 42.5 Å². The molecule has 28 heavy (non-hydrogen) atoms. The lowest BCUT2D eigenvalue weighted by molar-refractivity contribution is -0.121. The number of carbonyl (C=O) groups is 2. The lowest BCUT2D eigenvalue weighted by atomic mass is 10.1. The Morgan fingerprint density at radius 1 is 1.25 bits per heavy atom. The number of nitrogens with zero attached hydrogens (tertiary/aromatic N) is 1. The summed E-state index contributed by atoms with van der Waals surface area (Å²) in [5, 5.41) is 6.63. The maximum absolute atomic E-state index is 12.3. The van der Waals surface area contributed by atoms with Gasteiger partial charge in [-0.25, -0.2) is 0 Å². The molecule has 2 heterocycles. The molecule has 2 aromatic rings. The zero-order valence-electron chi connectivity index (χ0n) is 15.1. The van der Waals surface area contributed by atoms with E-state index in [-0.39, 0.29) is 30.3 Å². The topological polar surface area (TPSA) is 70.7 Å². The fourth-order valence-corrected chi connectivity index (χ4v) is 3.51. The summed E-state index contributed by atoms with van der Waals surface area (Å²) in [5.41, 5.74) is 3.56. The molecule has 1 fully saturated rings. The van der Waals surface area contributed by atoms with Crippen LogP contribution in [0.25, 0.3) is 0 Å². The van der Waals surface area contributed by atoms with Crippen molar-refractivity contribution in [3.63, 3.8) is 0 Å². The summed E-state index contributed by atoms with van der Waals surface area (Å²) in [7, 11) is 0. The zero-order valence-corrected chi connectivity index (χ0v) is 16.7. The number of amides is 2. The maximum atomic E-state index is 12.3. The van der Waals surface area contributed by atoms with Gasteiger partial charge in [0.25, 0.3) is 0 Å². The Kier molecular flexibility index (Phi) is 6.57. The Balaban J connectivity index is 0.00000225. The monoisotopic (exact) mass is 421 g/mol. The summed E-state index contributed by atoms with van der Waals surface area (Å²) >= 11 is 6.08. The van der Waals surface area contributed by atoms with Gasteiger partial charge in [0.15, 0.2) is 0 Å². The molecule has 1 unspecified atom stereocenters. The second kappa shape index (κ2) is 8.92. The van der Waals surface area contributed by atoms with E-state index in [0.717, 1.165) is 16.8 Å². The summed E-state index contributed by atoms with van der Waals surface area (Å²) in [6.07, 6.45) is 0.400. The Morgan fingerprint density at radius 3 is 2.75 bits per heavy atom. The molecular formula is C20H21Cl2N3O3. The molecule has 2 aliphatic rings. The minimum atomic E-state index is -0.332. The molecule has 2 N–H and O–H groups in total. The van der Waals surface area contributed by atoms with Crippen LogP contribution in [-0.4, -0.2) is 37.6 Å². The van der Waals surface area contributed by atoms with Gasteiger partial charge in [-0.05, 0) is 35.4 Å². The van der Waals surface area contributed by atoms with E-state index in [1.54, 1.807) is 11.0 Å². The number of fused-ring (bicyclic) bond motifs is 1. The Bertz CT molecular complexity index is 867. The van der Waals surface area contributed by atoms with Gasteiger partial charge in [0.05, 0.1) is 26.2 Å². The lowest BCUT2D eigenvalue weighted by Crippen LogP contribution is -2.48. The highest BCUT2D eigenvalue weighted by Crippen LogP contribution is 2.32. The van der Waals surface area contributed by atoms with Crippen molar-refractivity contribution in [3.05, 3.63) is 58.6 Å². The van der Waals surface area contributed by atoms with Crippen LogP contribution in [0.5, 0.6) is 0 Å². The molecule has 1 atom stereocenters. The van der Waals surface area contributed by atoms with E-state index in [1.165, 1.54) is 0 Å². The van der Waals surface area contributed by atoms with Crippen LogP contribution in [0.1, 0.15) is 11.1 Å². The number of halogens is 2. The van der Waals surface area contributed by atoms with Gasteiger partial charge in [-0.2, -0.15) is 0 Å². The predicted octanol–water partition coefficient (Wildman–Crippen LogP) is 2.78. The molecule has 0 bridgehead atoms. The van der Waals surface area contributed by atoms with Gasteiger partial charge in [0, 0.05) is 22.9 Å². The van der Waals surface area contributed by atoms with Gasteiger partial charge in [0.1, 0.15) is 6.04 Å². The van der Waals surface area contributed by atoms with Crippen LogP contribution in [0, 0.1) is 0 Å². The molecule has 148 valence electrons. The predicted molar refractivity (Wildman–Crippen MR) is 111 cm³/mol. The van der Waals surface area contributed by atoms with Gasteiger partial charge >= 0.3 is 0 Å². The minimum Gasteiger partial charge on any atom is -0.378 e. The van der Waals surface area contributed by atoms with Crippen molar-refractivity contribution < 1.29 is 14.3 Å². The van der Waals surface area contributed by atoms with Gasteiger partial charge in [-0.3, -0.25) is 9.59 Å². The molecule has 0 aromatic heterocycles. The Labute approximate surface area is 174 Å². The van der Waals surface area contributed by atoms with E-state index in [9.17, 15) is 9.59 Å². The van der Waals surface area contributed by atoms with Crippen molar-refractivity contribution in [2.45, 2.75) is 19.0 Å². The average Bonchev–Trinajstić information content (AvgIpc) is 2.99. The number of rotatable bonds is 4. The first-order valence-electron chi connectivity index (χ1n) is 8.90. The van der Waals surface area contributed by atoms with Crippen LogP contribution >= 0.6 is 24.0 Å². The number of hydrogen-bond donors (Lipinski definition) is 2. The SMILES string of the molecule is Cl.O=C(Nc1ccc(CN2C(=O)Cc3ccc(Cl)cc32)cc1)C1COCCN1. The number of carbonyl (C=O) groups excluding carboxylic acids is 2. The highest BCUT2D eigenvalue weighted by Gasteiger charge is 2.27. The Hall–Kier alpha value is -2.12. The second-order valence-electron chi connectivity index (χ2n) is 6.70. The molecule has 2 aliphatic heterocycles. The van der Waals surface area contributed by atoms with Crippen LogP contribution in [-0.2, 0) is 27.3 Å². The number of ether oxygens (including phenoxy) is 1. The average molecular weight is 422 g/mol. The summed E-state index contributed by atoms with van der Waals surface area (Å²) < 4.78 is 5.31. The number of nitrogens with one attached hydrogen (secondary N) is 2. The highest BCUT2D eigenvalue weighted by molar-refractivity contribution is 6.31. The molecule has 0 spiro atoms. The molecule has 2 amide bonds. The van der Waals surface area contributed by atoms with Crippen molar-refractivity contribution >= 4 is 47.2 Å². The van der Waals surface area contributed by atoms with Crippen molar-refractivity contribution in [1.29, 1.82) is 0 Å². The molecule has 0 aliphatic carbocycles. The van der Waals surface area contributed by atoms with Crippen molar-refractivity contribution in [1.82, 2.24) is 5.32 Å². The summed E-state index contributed by atoms with van der Waals surface area (Å²) in [6.45, 7) is 2.15. The minimum absolute atomic E-state index is 0. The molecule has 1 saturated heterocycles. The smallest absolute Gasteiger partial charge is 0.243 e. The van der Waals surface area contributed by atoms with Gasteiger partial charge < -0.3 is 20.3 Å². The molecule has 8 heteroatoms. The van der Waals surface area contributed by atoms with Gasteiger partial charge in [-0.15, -0.1) is 12.4 Å². The number of anilines is 2. The first kappa shape index (κ1) is 20.6. The van der Waals surface area contributed by atoms with Crippen LogP contribution in [0.4, 0.5) is 11.4 Å². The van der Waals surface area contributed by atoms with E-state index in [0.29, 0.717) is 43.4 Å². The number of morpholine rings is 1. The third kappa shape index (κ3) is 4.47. The van der Waals surface area contributed by atoms with E-state index < -0.39 is 0 Å². The second-order valence-corrected chi connectivity index (χ2v) is 7.13. The van der Waals surface area contributed by atoms with Crippen LogP contribution < -0.4 is 15.5 Å². The summed E-state index contributed by atoms with van der Waals surface area (Å²) in [4.78, 5) is 26.3. The quantitative estimate of drug-likeness (QED) is 0.795. The third-order valence-electron chi connectivity index (χ3n) is 4.78. The van der Waals surface area contributed by atoms with Gasteiger partial charge in [0.2, 0.25) is 11.8 Å². The molecule has 2 aromatic carbocycles. The van der Waals surface area contributed by atoms with Crippen molar-refractivity contribution in [2.75, 3.05) is 30.0 Å². The molecule has 4 rings (SSSR count). The van der Waals surface area contributed by atoms with E-state index in [4.69, 9.17) is 16.3 Å². The van der Waals surface area contributed by atoms with E-state index in [1.807, 2.05) is 36.4 Å². The fourth-order valence-electron chi connectivity index (χ4n) is 3.34. The molecule has 0 saturated carbocycles. The normalized spacial score (nSPS) is 18.4. The number of hydrogen-bond acceptors (Lipinski definition) is 4. The first-order valence-corrected chi connectivity index (χ1v) is 9.28. The van der Waals surface area contributed by atoms with Crippen molar-refractivity contribution in [2.24, 2.45) is 0 Å². The first-order chi connectivity index (χ1) is 13.1. The third-order valence-corrected chi connectivity index (χ3v) is 5.02. The van der Waals surface area contributed by atoms with Crippen molar-refractivity contribution in [3.8, 4) is 0 Å². The fraction of sp³-hybridized carbons (Fsp3) is 0.300. The molecular weight excluding hydrogens is 401 g/mol. The Morgan fingerprint density at radius 2 is 2.04 bits per heavy atom. The van der Waals surface area contributed by atoms with Crippen LogP contribution in [0.2, 0.25) is 5.02 Å². The standard InChI is InChI=1S/C20H20ClN3O3.ClH/c21-15-4-3-14-9-19(25)24(18(14)10-15)11-13-1-5-16(6-2-13)23-20(26)17-12-27-8-7-22-17;/h1-6,10,17,22H,7-9,11-12H2,(H,23,26);1H.